The number of aromatic nitrogens is 2. The molecule has 0 spiro atoms. The summed E-state index contributed by atoms with van der Waals surface area (Å²) in [6, 6.07) is 1.16. The van der Waals surface area contributed by atoms with Gasteiger partial charge in [0.1, 0.15) is 16.0 Å². The Balaban J connectivity index is 1.72. The third-order valence-corrected chi connectivity index (χ3v) is 4.24. The molecule has 0 aliphatic carbocycles. The Bertz CT molecular complexity index is 645. The molecule has 1 saturated heterocycles. The van der Waals surface area contributed by atoms with Crippen LogP contribution in [0.25, 0.3) is 10.3 Å². The summed E-state index contributed by atoms with van der Waals surface area (Å²) < 4.78 is 0. The van der Waals surface area contributed by atoms with Crippen molar-refractivity contribution in [2.75, 3.05) is 13.1 Å². The highest BCUT2D eigenvalue weighted by molar-refractivity contribution is 7.18. The number of carbonyl (C=O) groups excluding carboxylic acids is 2. The number of H-pyrrole nitrogens is 1. The second-order valence-electron chi connectivity index (χ2n) is 4.88. The van der Waals surface area contributed by atoms with Crippen molar-refractivity contribution in [3.05, 3.63) is 16.8 Å². The lowest BCUT2D eigenvalue weighted by molar-refractivity contribution is 0.0784. The fourth-order valence-electron chi connectivity index (χ4n) is 2.47. The number of nitrogens with zero attached hydrogens (tertiary/aromatic N) is 2. The molecule has 7 nitrogen and oxygen atoms in total. The van der Waals surface area contributed by atoms with Gasteiger partial charge in [0.05, 0.1) is 5.01 Å². The van der Waals surface area contributed by atoms with Crippen LogP contribution in [0.4, 0.5) is 4.79 Å². The lowest BCUT2D eigenvalue weighted by Gasteiger charge is -2.15. The number of fused-ring (bicyclic) bond motifs is 1. The van der Waals surface area contributed by atoms with E-state index in [4.69, 9.17) is 5.73 Å². The van der Waals surface area contributed by atoms with Gasteiger partial charge in [-0.1, -0.05) is 0 Å². The number of urea groups is 1. The standard InChI is InChI=1S/C12H15N5O2S/c1-6-14-8-4-9(16-10(8)20-6)11(18)17-3-2-7(5-17)15-12(13)19/h4,7,16H,2-3,5H2,1H3,(H3,13,15,19). The Morgan fingerprint density at radius 2 is 2.40 bits per heavy atom. The van der Waals surface area contributed by atoms with Crippen LogP contribution in [0.1, 0.15) is 21.9 Å². The molecule has 1 aliphatic rings. The Labute approximate surface area is 119 Å². The van der Waals surface area contributed by atoms with E-state index < -0.39 is 6.03 Å². The molecule has 2 aromatic rings. The van der Waals surface area contributed by atoms with E-state index in [2.05, 4.69) is 15.3 Å². The van der Waals surface area contributed by atoms with E-state index in [1.165, 1.54) is 11.3 Å². The second-order valence-corrected chi connectivity index (χ2v) is 6.08. The molecule has 1 aliphatic heterocycles. The van der Waals surface area contributed by atoms with Gasteiger partial charge in [-0.15, -0.1) is 11.3 Å². The van der Waals surface area contributed by atoms with Gasteiger partial charge in [-0.3, -0.25) is 4.79 Å². The van der Waals surface area contributed by atoms with Crippen LogP contribution in [0.2, 0.25) is 0 Å². The Morgan fingerprint density at radius 3 is 3.10 bits per heavy atom. The normalized spacial score (nSPS) is 18.6. The number of thiazole rings is 1. The highest BCUT2D eigenvalue weighted by Crippen LogP contribution is 2.23. The number of hydrogen-bond acceptors (Lipinski definition) is 4. The van der Waals surface area contributed by atoms with E-state index in [9.17, 15) is 9.59 Å². The predicted octanol–water partition coefficient (Wildman–Crippen LogP) is 0.816. The van der Waals surface area contributed by atoms with Gasteiger partial charge in [-0.2, -0.15) is 0 Å². The molecule has 0 bridgehead atoms. The number of primary amides is 1. The van der Waals surface area contributed by atoms with E-state index in [0.717, 1.165) is 21.8 Å². The van der Waals surface area contributed by atoms with Crippen molar-refractivity contribution in [3.63, 3.8) is 0 Å². The number of nitrogens with two attached hydrogens (primary N) is 1. The molecule has 0 aromatic carbocycles. The van der Waals surface area contributed by atoms with Crippen LogP contribution in [-0.4, -0.2) is 45.9 Å². The van der Waals surface area contributed by atoms with Gasteiger partial charge in [0.2, 0.25) is 0 Å². The van der Waals surface area contributed by atoms with E-state index in [-0.39, 0.29) is 11.9 Å². The molecular formula is C12H15N5O2S. The van der Waals surface area contributed by atoms with Crippen molar-refractivity contribution in [3.8, 4) is 0 Å². The van der Waals surface area contributed by atoms with Gasteiger partial charge in [0, 0.05) is 19.1 Å². The molecule has 3 rings (SSSR count). The SMILES string of the molecule is Cc1nc2cc(C(=O)N3CCC(NC(N)=O)C3)[nH]c2s1. The molecule has 4 N–H and O–H groups in total. The number of carbonyl (C=O) groups is 2. The summed E-state index contributed by atoms with van der Waals surface area (Å²) in [6.07, 6.45) is 0.723. The summed E-state index contributed by atoms with van der Waals surface area (Å²) >= 11 is 1.53. The summed E-state index contributed by atoms with van der Waals surface area (Å²) in [4.78, 5) is 33.2. The van der Waals surface area contributed by atoms with E-state index in [1.54, 1.807) is 11.0 Å². The van der Waals surface area contributed by atoms with Crippen LogP contribution >= 0.6 is 11.3 Å². The van der Waals surface area contributed by atoms with Crippen LogP contribution in [0.15, 0.2) is 6.07 Å². The van der Waals surface area contributed by atoms with E-state index >= 15 is 0 Å². The molecule has 1 unspecified atom stereocenters. The molecule has 1 atom stereocenters. The Kier molecular flexibility index (Phi) is 3.09. The molecule has 3 heterocycles. The predicted molar refractivity (Wildman–Crippen MR) is 75.7 cm³/mol. The number of hydrogen-bond donors (Lipinski definition) is 3. The summed E-state index contributed by atoms with van der Waals surface area (Å²) in [5.74, 6) is -0.0679. The Hall–Kier alpha value is -2.09. The fraction of sp³-hybridized carbons (Fsp3) is 0.417. The third-order valence-electron chi connectivity index (χ3n) is 3.34. The first-order chi connectivity index (χ1) is 9.52. The number of aryl methyl sites for hydroxylation is 1. The van der Waals surface area contributed by atoms with Crippen molar-refractivity contribution < 1.29 is 9.59 Å². The Morgan fingerprint density at radius 1 is 1.60 bits per heavy atom. The first-order valence-electron chi connectivity index (χ1n) is 6.34. The summed E-state index contributed by atoms with van der Waals surface area (Å²) in [5, 5.41) is 3.60. The molecule has 20 heavy (non-hydrogen) atoms. The fourth-order valence-corrected chi connectivity index (χ4v) is 3.28. The van der Waals surface area contributed by atoms with Gasteiger partial charge in [0.25, 0.3) is 5.91 Å². The number of nitrogens with one attached hydrogen (secondary N) is 2. The minimum atomic E-state index is -0.552. The van der Waals surface area contributed by atoms with Crippen LogP contribution in [-0.2, 0) is 0 Å². The van der Waals surface area contributed by atoms with Gasteiger partial charge in [-0.25, -0.2) is 9.78 Å². The average molecular weight is 293 g/mol. The first-order valence-corrected chi connectivity index (χ1v) is 7.16. The van der Waals surface area contributed by atoms with E-state index in [0.29, 0.717) is 18.8 Å². The van der Waals surface area contributed by atoms with Gasteiger partial charge in [0.15, 0.2) is 0 Å². The summed E-state index contributed by atoms with van der Waals surface area (Å²) in [6.45, 7) is 3.03. The zero-order chi connectivity index (χ0) is 14.3. The van der Waals surface area contributed by atoms with Gasteiger partial charge < -0.3 is 20.9 Å². The molecule has 0 saturated carbocycles. The lowest BCUT2D eigenvalue weighted by atomic mass is 10.3. The first kappa shape index (κ1) is 12.9. The molecule has 0 radical (unpaired) electrons. The zero-order valence-corrected chi connectivity index (χ0v) is 11.8. The minimum absolute atomic E-state index is 0.0621. The maximum atomic E-state index is 12.4. The maximum absolute atomic E-state index is 12.4. The lowest BCUT2D eigenvalue weighted by Crippen LogP contribution is -2.41. The number of likely N-dealkylation sites (tertiary alicyclic amines) is 1. The minimum Gasteiger partial charge on any atom is -0.352 e. The zero-order valence-electron chi connectivity index (χ0n) is 11.0. The molecule has 8 heteroatoms. The molecule has 1 fully saturated rings. The van der Waals surface area contributed by atoms with Crippen LogP contribution < -0.4 is 11.1 Å². The third kappa shape index (κ3) is 2.34. The van der Waals surface area contributed by atoms with Gasteiger partial charge >= 0.3 is 6.03 Å². The van der Waals surface area contributed by atoms with E-state index in [1.807, 2.05) is 6.92 Å². The number of amides is 3. The van der Waals surface area contributed by atoms with Crippen LogP contribution in [0, 0.1) is 6.92 Å². The van der Waals surface area contributed by atoms with Crippen molar-refractivity contribution in [1.29, 1.82) is 0 Å². The van der Waals surface area contributed by atoms with Crippen molar-refractivity contribution in [2.24, 2.45) is 5.73 Å². The monoisotopic (exact) mass is 293 g/mol. The average Bonchev–Trinajstić information content (AvgIpc) is 3.01. The van der Waals surface area contributed by atoms with Gasteiger partial charge in [-0.05, 0) is 19.4 Å². The van der Waals surface area contributed by atoms with Crippen LogP contribution in [0.5, 0.6) is 0 Å². The highest BCUT2D eigenvalue weighted by atomic mass is 32.1. The summed E-state index contributed by atoms with van der Waals surface area (Å²) in [5.41, 5.74) is 6.45. The van der Waals surface area contributed by atoms with Crippen molar-refractivity contribution in [2.45, 2.75) is 19.4 Å². The molecule has 106 valence electrons. The topological polar surface area (TPSA) is 104 Å². The van der Waals surface area contributed by atoms with Crippen molar-refractivity contribution >= 4 is 33.6 Å². The highest BCUT2D eigenvalue weighted by Gasteiger charge is 2.28. The second kappa shape index (κ2) is 4.78. The quantitative estimate of drug-likeness (QED) is 0.763. The van der Waals surface area contributed by atoms with Crippen molar-refractivity contribution in [1.82, 2.24) is 20.2 Å². The molecule has 3 amide bonds. The maximum Gasteiger partial charge on any atom is 0.312 e. The molecule has 2 aromatic heterocycles. The summed E-state index contributed by atoms with van der Waals surface area (Å²) in [7, 11) is 0. The number of aromatic amines is 1. The molecular weight excluding hydrogens is 278 g/mol. The smallest absolute Gasteiger partial charge is 0.312 e. The number of rotatable bonds is 2. The van der Waals surface area contributed by atoms with Crippen LogP contribution in [0.3, 0.4) is 0 Å². The largest absolute Gasteiger partial charge is 0.352 e.